The molecule has 0 bridgehead atoms. The number of carbonyl (C=O) groups is 1. The van der Waals surface area contributed by atoms with Crippen LogP contribution in [0.4, 0.5) is 0 Å². The van der Waals surface area contributed by atoms with Crippen LogP contribution in [0, 0.1) is 0 Å². The van der Waals surface area contributed by atoms with Crippen molar-refractivity contribution in [2.75, 3.05) is 32.4 Å². The Morgan fingerprint density at radius 3 is 1.89 bits per heavy atom. The highest BCUT2D eigenvalue weighted by molar-refractivity contribution is 7.88. The fourth-order valence-electron chi connectivity index (χ4n) is 2.03. The quantitative estimate of drug-likeness (QED) is 0.696. The molecule has 1 fully saturated rings. The molecule has 1 heterocycles. The summed E-state index contributed by atoms with van der Waals surface area (Å²) < 4.78 is 23.9. The van der Waals surface area contributed by atoms with Gasteiger partial charge < -0.3 is 10.8 Å². The maximum absolute atomic E-state index is 11.3. The smallest absolute Gasteiger partial charge is 0.322 e. The Bertz CT molecular complexity index is 383. The fraction of sp³-hybridized carbons (Fsp3) is 0.889. The van der Waals surface area contributed by atoms with Crippen molar-refractivity contribution in [3.05, 3.63) is 0 Å². The number of nitrogens with zero attached hydrogens (tertiary/aromatic N) is 2. The van der Waals surface area contributed by atoms with E-state index in [1.165, 1.54) is 4.31 Å². The van der Waals surface area contributed by atoms with Gasteiger partial charge in [-0.2, -0.15) is 4.31 Å². The van der Waals surface area contributed by atoms with E-state index in [1.54, 1.807) is 11.8 Å². The SMILES string of the molecule is CC(N)C(C(=O)O)N1CCN(S(C)(=O)=O)CC1.Cl.Cl. The Morgan fingerprint density at radius 1 is 1.21 bits per heavy atom. The zero-order chi connectivity index (χ0) is 13.2. The van der Waals surface area contributed by atoms with Crippen molar-refractivity contribution in [1.82, 2.24) is 9.21 Å². The molecular weight excluding hydrogens is 317 g/mol. The van der Waals surface area contributed by atoms with Crippen LogP contribution in [-0.2, 0) is 14.8 Å². The zero-order valence-electron chi connectivity index (χ0n) is 10.9. The van der Waals surface area contributed by atoms with E-state index < -0.39 is 28.1 Å². The largest absolute Gasteiger partial charge is 0.480 e. The van der Waals surface area contributed by atoms with Gasteiger partial charge in [-0.15, -0.1) is 24.8 Å². The van der Waals surface area contributed by atoms with Gasteiger partial charge in [0.25, 0.3) is 0 Å². The van der Waals surface area contributed by atoms with Crippen LogP contribution < -0.4 is 5.73 Å². The number of carboxylic acids is 1. The molecule has 1 rings (SSSR count). The number of piperazine rings is 1. The third-order valence-corrected chi connectivity index (χ3v) is 4.19. The number of halogens is 2. The van der Waals surface area contributed by atoms with E-state index in [4.69, 9.17) is 10.8 Å². The summed E-state index contributed by atoms with van der Waals surface area (Å²) in [6.07, 6.45) is 1.16. The standard InChI is InChI=1S/C9H19N3O4S.2ClH/c1-7(10)8(9(13)14)11-3-5-12(6-4-11)17(2,15)16;;/h7-8H,3-6,10H2,1-2H3,(H,13,14);2*1H. The maximum atomic E-state index is 11.3. The molecule has 0 radical (unpaired) electrons. The Kier molecular flexibility index (Phi) is 9.18. The molecule has 0 aromatic heterocycles. The van der Waals surface area contributed by atoms with Crippen LogP contribution in [-0.4, -0.2) is 73.2 Å². The molecule has 0 saturated carbocycles. The maximum Gasteiger partial charge on any atom is 0.322 e. The molecule has 0 amide bonds. The van der Waals surface area contributed by atoms with Crippen molar-refractivity contribution < 1.29 is 18.3 Å². The summed E-state index contributed by atoms with van der Waals surface area (Å²) in [7, 11) is -3.19. The topological polar surface area (TPSA) is 104 Å². The van der Waals surface area contributed by atoms with E-state index in [9.17, 15) is 13.2 Å². The van der Waals surface area contributed by atoms with Crippen LogP contribution in [0.2, 0.25) is 0 Å². The minimum absolute atomic E-state index is 0. The van der Waals surface area contributed by atoms with Gasteiger partial charge in [-0.25, -0.2) is 8.42 Å². The summed E-state index contributed by atoms with van der Waals surface area (Å²) >= 11 is 0. The van der Waals surface area contributed by atoms with Gasteiger partial charge in [0.1, 0.15) is 6.04 Å². The first-order chi connectivity index (χ1) is 7.73. The van der Waals surface area contributed by atoms with Gasteiger partial charge in [-0.1, -0.05) is 0 Å². The van der Waals surface area contributed by atoms with E-state index in [0.29, 0.717) is 26.2 Å². The molecular formula is C9H21Cl2N3O4S. The molecule has 7 nitrogen and oxygen atoms in total. The van der Waals surface area contributed by atoms with Gasteiger partial charge in [0.05, 0.1) is 6.26 Å². The number of rotatable bonds is 4. The molecule has 3 N–H and O–H groups in total. The number of sulfonamides is 1. The van der Waals surface area contributed by atoms with Crippen molar-refractivity contribution in [2.24, 2.45) is 5.73 Å². The molecule has 1 saturated heterocycles. The number of nitrogens with two attached hydrogens (primary N) is 1. The van der Waals surface area contributed by atoms with Crippen molar-refractivity contribution in [1.29, 1.82) is 0 Å². The molecule has 19 heavy (non-hydrogen) atoms. The predicted octanol–water partition coefficient (Wildman–Crippen LogP) is -0.792. The molecule has 0 aromatic rings. The zero-order valence-corrected chi connectivity index (χ0v) is 13.3. The van der Waals surface area contributed by atoms with Gasteiger partial charge in [0.15, 0.2) is 0 Å². The summed E-state index contributed by atoms with van der Waals surface area (Å²) in [5, 5.41) is 9.07. The first kappa shape index (κ1) is 21.2. The van der Waals surface area contributed by atoms with Crippen LogP contribution in [0.5, 0.6) is 0 Å². The predicted molar refractivity (Wildman–Crippen MR) is 77.6 cm³/mol. The lowest BCUT2D eigenvalue weighted by Gasteiger charge is -2.37. The van der Waals surface area contributed by atoms with E-state index in [0.717, 1.165) is 6.26 Å². The lowest BCUT2D eigenvalue weighted by atomic mass is 10.1. The fourth-order valence-corrected chi connectivity index (χ4v) is 2.85. The summed E-state index contributed by atoms with van der Waals surface area (Å²) in [6.45, 7) is 3.06. The first-order valence-electron chi connectivity index (χ1n) is 5.41. The molecule has 1 aliphatic rings. The van der Waals surface area contributed by atoms with E-state index in [2.05, 4.69) is 0 Å². The summed E-state index contributed by atoms with van der Waals surface area (Å²) in [5.74, 6) is -0.965. The average molecular weight is 338 g/mol. The minimum Gasteiger partial charge on any atom is -0.480 e. The molecule has 0 aliphatic carbocycles. The van der Waals surface area contributed by atoms with Crippen molar-refractivity contribution in [2.45, 2.75) is 19.0 Å². The minimum atomic E-state index is -3.19. The molecule has 10 heteroatoms. The first-order valence-corrected chi connectivity index (χ1v) is 7.26. The molecule has 1 aliphatic heterocycles. The third-order valence-electron chi connectivity index (χ3n) is 2.89. The lowest BCUT2D eigenvalue weighted by molar-refractivity contribution is -0.144. The van der Waals surface area contributed by atoms with Crippen LogP contribution in [0.1, 0.15) is 6.92 Å². The van der Waals surface area contributed by atoms with Crippen molar-refractivity contribution in [3.63, 3.8) is 0 Å². The Labute approximate surface area is 126 Å². The number of hydrogen-bond acceptors (Lipinski definition) is 5. The second-order valence-electron chi connectivity index (χ2n) is 4.34. The normalized spacial score (nSPS) is 20.8. The van der Waals surface area contributed by atoms with E-state index in [-0.39, 0.29) is 24.8 Å². The number of aliphatic carboxylic acids is 1. The molecule has 2 atom stereocenters. The number of hydrogen-bond donors (Lipinski definition) is 2. The average Bonchev–Trinajstić information content (AvgIpc) is 2.15. The van der Waals surface area contributed by atoms with Crippen LogP contribution in [0.15, 0.2) is 0 Å². The number of carboxylic acid groups (broad SMARTS) is 1. The van der Waals surface area contributed by atoms with E-state index >= 15 is 0 Å². The second-order valence-corrected chi connectivity index (χ2v) is 6.32. The van der Waals surface area contributed by atoms with Gasteiger partial charge in [0, 0.05) is 32.2 Å². The molecule has 2 unspecified atom stereocenters. The Morgan fingerprint density at radius 2 is 1.63 bits per heavy atom. The molecule has 0 aromatic carbocycles. The highest BCUT2D eigenvalue weighted by atomic mass is 35.5. The lowest BCUT2D eigenvalue weighted by Crippen LogP contribution is -2.58. The molecule has 0 spiro atoms. The summed E-state index contributed by atoms with van der Waals surface area (Å²) in [6, 6.07) is -1.24. The van der Waals surface area contributed by atoms with Crippen LogP contribution in [0.25, 0.3) is 0 Å². The highest BCUT2D eigenvalue weighted by Gasteiger charge is 2.33. The van der Waals surface area contributed by atoms with Gasteiger partial charge in [0.2, 0.25) is 10.0 Å². The van der Waals surface area contributed by atoms with Crippen LogP contribution in [0.3, 0.4) is 0 Å². The summed E-state index contributed by atoms with van der Waals surface area (Å²) in [5.41, 5.74) is 5.63. The molecule has 116 valence electrons. The third kappa shape index (κ3) is 5.80. The summed E-state index contributed by atoms with van der Waals surface area (Å²) in [4.78, 5) is 12.8. The van der Waals surface area contributed by atoms with Crippen molar-refractivity contribution in [3.8, 4) is 0 Å². The van der Waals surface area contributed by atoms with E-state index in [1.807, 2.05) is 0 Å². The Hall–Kier alpha value is -0.120. The van der Waals surface area contributed by atoms with Crippen LogP contribution >= 0.6 is 24.8 Å². The van der Waals surface area contributed by atoms with Gasteiger partial charge in [-0.05, 0) is 6.92 Å². The monoisotopic (exact) mass is 337 g/mol. The highest BCUT2D eigenvalue weighted by Crippen LogP contribution is 2.11. The van der Waals surface area contributed by atoms with Gasteiger partial charge in [-0.3, -0.25) is 9.69 Å². The second kappa shape index (κ2) is 8.23. The van der Waals surface area contributed by atoms with Gasteiger partial charge >= 0.3 is 5.97 Å². The van der Waals surface area contributed by atoms with Crippen molar-refractivity contribution >= 4 is 40.8 Å². The Balaban J connectivity index is 0.